The van der Waals surface area contributed by atoms with E-state index in [1.54, 1.807) is 42.5 Å². The van der Waals surface area contributed by atoms with Gasteiger partial charge in [-0.15, -0.1) is 0 Å². The Morgan fingerprint density at radius 3 is 2.43 bits per heavy atom. The highest BCUT2D eigenvalue weighted by Crippen LogP contribution is 2.33. The molecule has 0 aliphatic carbocycles. The van der Waals surface area contributed by atoms with Gasteiger partial charge in [-0.3, -0.25) is 31.2 Å². The summed E-state index contributed by atoms with van der Waals surface area (Å²) in [5.41, 5.74) is 12.4. The van der Waals surface area contributed by atoms with Gasteiger partial charge in [-0.2, -0.15) is 0 Å². The molecule has 0 aliphatic heterocycles. The van der Waals surface area contributed by atoms with Crippen molar-refractivity contribution in [3.8, 4) is 11.5 Å². The zero-order valence-electron chi connectivity index (χ0n) is 20.6. The maximum atomic E-state index is 13.3. The zero-order valence-corrected chi connectivity index (χ0v) is 20.6. The van der Waals surface area contributed by atoms with Gasteiger partial charge in [0.2, 0.25) is 0 Å². The Morgan fingerprint density at radius 1 is 1.14 bits per heavy atom. The summed E-state index contributed by atoms with van der Waals surface area (Å²) in [6.45, 7) is 6.07. The largest absolute Gasteiger partial charge is 0.490 e. The molecule has 1 aromatic heterocycles. The average Bonchev–Trinajstić information content (AvgIpc) is 2.87. The predicted molar refractivity (Wildman–Crippen MR) is 140 cm³/mol. The number of aromatic nitrogens is 1. The Bertz CT molecular complexity index is 1250. The molecule has 0 spiro atoms. The van der Waals surface area contributed by atoms with E-state index < -0.39 is 16.9 Å². The number of nitrogens with zero attached hydrogens (tertiary/aromatic N) is 2. The first-order valence-corrected chi connectivity index (χ1v) is 11.5. The second-order valence-corrected chi connectivity index (χ2v) is 8.15. The van der Waals surface area contributed by atoms with Gasteiger partial charge in [-0.1, -0.05) is 6.07 Å². The molecule has 1 atom stereocenters. The third-order valence-electron chi connectivity index (χ3n) is 5.01. The molecule has 0 saturated heterocycles. The molecule has 3 aromatic rings. The van der Waals surface area contributed by atoms with Crippen molar-refractivity contribution in [2.45, 2.75) is 32.9 Å². The molecule has 194 valence electrons. The Balaban J connectivity index is 1.88. The van der Waals surface area contributed by atoms with Gasteiger partial charge < -0.3 is 20.5 Å². The number of nitrogens with one attached hydrogen (secondary N) is 4. The van der Waals surface area contributed by atoms with Crippen LogP contribution in [-0.4, -0.2) is 34.4 Å². The minimum atomic E-state index is -0.888. The van der Waals surface area contributed by atoms with Crippen LogP contribution >= 0.6 is 0 Å². The smallest absolute Gasteiger partial charge is 0.287 e. The van der Waals surface area contributed by atoms with Crippen molar-refractivity contribution in [1.29, 1.82) is 5.41 Å². The van der Waals surface area contributed by atoms with Crippen molar-refractivity contribution in [3.05, 3.63) is 82.0 Å². The lowest BCUT2D eigenvalue weighted by Gasteiger charge is -2.22. The molecule has 0 saturated carbocycles. The predicted octanol–water partition coefficient (Wildman–Crippen LogP) is 3.76. The van der Waals surface area contributed by atoms with Crippen molar-refractivity contribution in [2.75, 3.05) is 17.3 Å². The minimum absolute atomic E-state index is 0.0669. The molecule has 0 aliphatic rings. The van der Waals surface area contributed by atoms with Crippen molar-refractivity contribution in [1.82, 2.24) is 10.4 Å². The minimum Gasteiger partial charge on any atom is -0.490 e. The molecule has 12 nitrogen and oxygen atoms in total. The van der Waals surface area contributed by atoms with E-state index in [9.17, 15) is 14.9 Å². The maximum Gasteiger partial charge on any atom is 0.287 e. The molecule has 12 heteroatoms. The number of ether oxygens (including phenoxy) is 2. The summed E-state index contributed by atoms with van der Waals surface area (Å²) in [4.78, 5) is 27.5. The maximum absolute atomic E-state index is 13.3. The van der Waals surface area contributed by atoms with Crippen LogP contribution in [0.3, 0.4) is 0 Å². The first kappa shape index (κ1) is 26.7. The fraction of sp³-hybridized carbons (Fsp3) is 0.240. The fourth-order valence-corrected chi connectivity index (χ4v) is 3.30. The highest BCUT2D eigenvalue weighted by atomic mass is 16.6. The molecule has 2 aromatic carbocycles. The number of nitrogen functional groups attached to an aromatic ring is 1. The van der Waals surface area contributed by atoms with Gasteiger partial charge in [-0.05, 0) is 68.8 Å². The number of carbonyl (C=O) groups is 1. The van der Waals surface area contributed by atoms with Gasteiger partial charge in [0.25, 0.3) is 11.6 Å². The number of benzene rings is 2. The van der Waals surface area contributed by atoms with Gasteiger partial charge in [0, 0.05) is 17.3 Å². The lowest BCUT2D eigenvalue weighted by molar-refractivity contribution is -0.385. The van der Waals surface area contributed by atoms with Crippen LogP contribution in [0.5, 0.6) is 11.5 Å². The number of anilines is 2. The third-order valence-corrected chi connectivity index (χ3v) is 5.01. The first-order valence-electron chi connectivity index (χ1n) is 11.5. The summed E-state index contributed by atoms with van der Waals surface area (Å²) in [6, 6.07) is 13.8. The SMILES string of the molecule is CCOc1cc(C(Nc2ccc(C(=N)N)cc2)C(=O)NNc2ccc([N+](=O)[O-])cn2)ccc1OC(C)C. The number of hydrogen-bond donors (Lipinski definition) is 5. The molecule has 0 bridgehead atoms. The lowest BCUT2D eigenvalue weighted by Crippen LogP contribution is -2.37. The molecule has 3 rings (SSSR count). The molecule has 1 amide bonds. The van der Waals surface area contributed by atoms with E-state index in [1.807, 2.05) is 20.8 Å². The summed E-state index contributed by atoms with van der Waals surface area (Å²) < 4.78 is 11.6. The Kier molecular flexibility index (Phi) is 8.81. The van der Waals surface area contributed by atoms with Crippen molar-refractivity contribution in [2.24, 2.45) is 5.73 Å². The number of pyridine rings is 1. The number of nitro groups is 1. The van der Waals surface area contributed by atoms with Gasteiger partial charge in [0.1, 0.15) is 23.9 Å². The summed E-state index contributed by atoms with van der Waals surface area (Å²) >= 11 is 0. The van der Waals surface area contributed by atoms with Crippen LogP contribution in [-0.2, 0) is 4.79 Å². The normalized spacial score (nSPS) is 11.4. The van der Waals surface area contributed by atoms with E-state index in [0.717, 1.165) is 6.20 Å². The van der Waals surface area contributed by atoms with Crippen LogP contribution in [0.15, 0.2) is 60.8 Å². The highest BCUT2D eigenvalue weighted by molar-refractivity contribution is 5.95. The summed E-state index contributed by atoms with van der Waals surface area (Å²) in [6.07, 6.45) is 1.02. The summed E-state index contributed by atoms with van der Waals surface area (Å²) in [5, 5.41) is 21.6. The molecule has 0 fully saturated rings. The number of carbonyl (C=O) groups excluding carboxylic acids is 1. The molecular weight excluding hydrogens is 478 g/mol. The van der Waals surface area contributed by atoms with Gasteiger partial charge in [0.05, 0.1) is 17.6 Å². The van der Waals surface area contributed by atoms with Crippen LogP contribution in [0.1, 0.15) is 37.9 Å². The Morgan fingerprint density at radius 2 is 1.86 bits per heavy atom. The van der Waals surface area contributed by atoms with Crippen LogP contribution in [0.4, 0.5) is 17.2 Å². The standard InChI is InChI=1S/C25H29N7O5/c1-4-36-21-13-17(7-11-20(21)37-15(2)3)23(29-18-8-5-16(6-9-18)24(26)27)25(33)31-30-22-12-10-19(14-28-22)32(34)35/h5-15,23,29H,4H2,1-3H3,(H3,26,27)(H,28,30)(H,31,33). The van der Waals surface area contributed by atoms with Crippen LogP contribution in [0, 0.1) is 15.5 Å². The Hall–Kier alpha value is -4.87. The number of amidine groups is 1. The number of amides is 1. The monoisotopic (exact) mass is 507 g/mol. The van der Waals surface area contributed by atoms with Crippen molar-refractivity contribution in [3.63, 3.8) is 0 Å². The molecule has 1 unspecified atom stereocenters. The van der Waals surface area contributed by atoms with Crippen LogP contribution in [0.2, 0.25) is 0 Å². The highest BCUT2D eigenvalue weighted by Gasteiger charge is 2.23. The van der Waals surface area contributed by atoms with Gasteiger partial charge >= 0.3 is 0 Å². The van der Waals surface area contributed by atoms with E-state index in [-0.39, 0.29) is 23.4 Å². The first-order chi connectivity index (χ1) is 17.7. The van der Waals surface area contributed by atoms with Crippen LogP contribution in [0.25, 0.3) is 0 Å². The molecule has 37 heavy (non-hydrogen) atoms. The molecule has 6 N–H and O–H groups in total. The third kappa shape index (κ3) is 7.31. The molecule has 1 heterocycles. The summed E-state index contributed by atoms with van der Waals surface area (Å²) in [7, 11) is 0. The number of nitrogens with two attached hydrogens (primary N) is 1. The van der Waals surface area contributed by atoms with Crippen LogP contribution < -0.4 is 31.4 Å². The van der Waals surface area contributed by atoms with E-state index in [4.69, 9.17) is 20.6 Å². The van der Waals surface area contributed by atoms with E-state index >= 15 is 0 Å². The van der Waals surface area contributed by atoms with Crippen molar-refractivity contribution >= 4 is 28.9 Å². The van der Waals surface area contributed by atoms with Gasteiger partial charge in [0.15, 0.2) is 11.5 Å². The number of hydrazine groups is 1. The Labute approximate surface area is 213 Å². The molecule has 0 radical (unpaired) electrons. The second kappa shape index (κ2) is 12.2. The van der Waals surface area contributed by atoms with E-state index in [2.05, 4.69) is 21.2 Å². The van der Waals surface area contributed by atoms with E-state index in [0.29, 0.717) is 34.9 Å². The second-order valence-electron chi connectivity index (χ2n) is 8.15. The van der Waals surface area contributed by atoms with Crippen molar-refractivity contribution < 1.29 is 19.2 Å². The number of hydrogen-bond acceptors (Lipinski definition) is 9. The van der Waals surface area contributed by atoms with Gasteiger partial charge in [-0.25, -0.2) is 4.98 Å². The van der Waals surface area contributed by atoms with E-state index in [1.165, 1.54) is 12.1 Å². The zero-order chi connectivity index (χ0) is 26.9. The number of rotatable bonds is 12. The lowest BCUT2D eigenvalue weighted by atomic mass is 10.0. The summed E-state index contributed by atoms with van der Waals surface area (Å²) in [5.74, 6) is 0.738. The average molecular weight is 508 g/mol. The molecular formula is C25H29N7O5. The topological polar surface area (TPSA) is 178 Å². The quantitative estimate of drug-likeness (QED) is 0.106. The fourth-order valence-electron chi connectivity index (χ4n) is 3.30.